The number of esters is 1. The molecule has 0 aliphatic carbocycles. The number of aliphatic hydroxyl groups excluding tert-OH is 1. The largest absolute Gasteiger partial charge is 0.467 e. The van der Waals surface area contributed by atoms with E-state index in [1.165, 1.54) is 45.0 Å². The zero-order valence-electron chi connectivity index (χ0n) is 12.0. The first-order valence-corrected chi connectivity index (χ1v) is 7.28. The second kappa shape index (κ2) is 7.41. The number of hydrogen-bond acceptors (Lipinski definition) is 4. The number of methoxy groups -OCH3 is 1. The molecular weight excluding hydrogens is 254 g/mol. The van der Waals surface area contributed by atoms with Crippen molar-refractivity contribution in [3.05, 3.63) is 35.4 Å². The van der Waals surface area contributed by atoms with Crippen LogP contribution in [0.3, 0.4) is 0 Å². The second-order valence-electron chi connectivity index (χ2n) is 5.32. The van der Waals surface area contributed by atoms with E-state index in [1.54, 1.807) is 12.1 Å². The molecule has 1 heterocycles. The third-order valence-electron chi connectivity index (χ3n) is 3.89. The van der Waals surface area contributed by atoms with E-state index in [2.05, 4.69) is 9.64 Å². The summed E-state index contributed by atoms with van der Waals surface area (Å²) in [4.78, 5) is 13.8. The summed E-state index contributed by atoms with van der Waals surface area (Å²) in [6.07, 6.45) is 3.80. The van der Waals surface area contributed by atoms with Crippen LogP contribution in [0.25, 0.3) is 0 Å². The highest BCUT2D eigenvalue weighted by molar-refractivity contribution is 5.76. The molecular formula is C16H23NO3. The van der Waals surface area contributed by atoms with Crippen LogP contribution >= 0.6 is 0 Å². The van der Waals surface area contributed by atoms with Crippen LogP contribution in [-0.4, -0.2) is 42.7 Å². The van der Waals surface area contributed by atoms with Gasteiger partial charge in [0.05, 0.1) is 7.11 Å². The summed E-state index contributed by atoms with van der Waals surface area (Å²) < 4.78 is 4.53. The highest BCUT2D eigenvalue weighted by atomic mass is 16.5. The number of rotatable bonds is 5. The first-order valence-electron chi connectivity index (χ1n) is 7.28. The van der Waals surface area contributed by atoms with Gasteiger partial charge >= 0.3 is 5.97 Å². The van der Waals surface area contributed by atoms with Crippen molar-refractivity contribution in [2.24, 2.45) is 0 Å². The van der Waals surface area contributed by atoms with Crippen molar-refractivity contribution in [1.82, 2.24) is 4.90 Å². The van der Waals surface area contributed by atoms with Crippen molar-refractivity contribution in [1.29, 1.82) is 0 Å². The molecule has 0 radical (unpaired) electrons. The molecule has 0 spiro atoms. The van der Waals surface area contributed by atoms with E-state index < -0.39 is 12.1 Å². The fourth-order valence-corrected chi connectivity index (χ4v) is 2.58. The van der Waals surface area contributed by atoms with Gasteiger partial charge in [0.2, 0.25) is 0 Å². The molecule has 2 rings (SSSR count). The van der Waals surface area contributed by atoms with Gasteiger partial charge in [-0.05, 0) is 43.5 Å². The highest BCUT2D eigenvalue weighted by Crippen LogP contribution is 2.16. The minimum absolute atomic E-state index is 0.582. The molecule has 1 unspecified atom stereocenters. The van der Waals surface area contributed by atoms with E-state index in [0.717, 1.165) is 13.0 Å². The van der Waals surface area contributed by atoms with Crippen molar-refractivity contribution in [3.8, 4) is 0 Å². The van der Waals surface area contributed by atoms with E-state index >= 15 is 0 Å². The lowest BCUT2D eigenvalue weighted by Gasteiger charge is -2.26. The number of nitrogens with zero attached hydrogens (tertiary/aromatic N) is 1. The quantitative estimate of drug-likeness (QED) is 0.835. The molecule has 4 heteroatoms. The number of ether oxygens (including phenoxy) is 1. The highest BCUT2D eigenvalue weighted by Gasteiger charge is 2.17. The monoisotopic (exact) mass is 277 g/mol. The molecule has 4 nitrogen and oxygen atoms in total. The standard InChI is InChI=1S/C16H23NO3/c1-20-16(19)15(18)14-7-5-13(6-8-14)9-12-17-10-3-2-4-11-17/h5-8,15,18H,2-4,9-12H2,1H3. The zero-order valence-corrected chi connectivity index (χ0v) is 12.0. The number of benzene rings is 1. The van der Waals surface area contributed by atoms with Gasteiger partial charge in [-0.25, -0.2) is 4.79 Å². The topological polar surface area (TPSA) is 49.8 Å². The third kappa shape index (κ3) is 4.05. The normalized spacial score (nSPS) is 17.7. The average molecular weight is 277 g/mol. The number of aliphatic hydroxyl groups is 1. The number of hydrogen-bond donors (Lipinski definition) is 1. The lowest BCUT2D eigenvalue weighted by Crippen LogP contribution is -2.31. The van der Waals surface area contributed by atoms with Crippen LogP contribution in [0.5, 0.6) is 0 Å². The Morgan fingerprint density at radius 2 is 1.90 bits per heavy atom. The molecule has 0 bridgehead atoms. The van der Waals surface area contributed by atoms with Gasteiger partial charge in [-0.3, -0.25) is 0 Å². The lowest BCUT2D eigenvalue weighted by atomic mass is 10.0. The molecule has 1 saturated heterocycles. The van der Waals surface area contributed by atoms with Crippen molar-refractivity contribution in [2.45, 2.75) is 31.8 Å². The van der Waals surface area contributed by atoms with Crippen molar-refractivity contribution >= 4 is 5.97 Å². The van der Waals surface area contributed by atoms with Crippen LogP contribution in [-0.2, 0) is 16.0 Å². The van der Waals surface area contributed by atoms with E-state index in [4.69, 9.17) is 0 Å². The molecule has 1 atom stereocenters. The third-order valence-corrected chi connectivity index (χ3v) is 3.89. The Balaban J connectivity index is 1.86. The maximum atomic E-state index is 11.3. The van der Waals surface area contributed by atoms with Crippen molar-refractivity contribution in [2.75, 3.05) is 26.7 Å². The Bertz CT molecular complexity index is 424. The summed E-state index contributed by atoms with van der Waals surface area (Å²) in [6, 6.07) is 7.55. The van der Waals surface area contributed by atoms with E-state index in [-0.39, 0.29) is 0 Å². The van der Waals surface area contributed by atoms with Crippen LogP contribution in [0.2, 0.25) is 0 Å². The number of carbonyl (C=O) groups excluding carboxylic acids is 1. The van der Waals surface area contributed by atoms with E-state index in [9.17, 15) is 9.90 Å². The van der Waals surface area contributed by atoms with Gasteiger partial charge in [-0.15, -0.1) is 0 Å². The SMILES string of the molecule is COC(=O)C(O)c1ccc(CCN2CCCCC2)cc1. The van der Waals surface area contributed by atoms with Gasteiger partial charge in [0.1, 0.15) is 0 Å². The molecule has 1 fully saturated rings. The van der Waals surface area contributed by atoms with Gasteiger partial charge in [0, 0.05) is 6.54 Å². The average Bonchev–Trinajstić information content (AvgIpc) is 2.53. The van der Waals surface area contributed by atoms with Gasteiger partial charge < -0.3 is 14.7 Å². The van der Waals surface area contributed by atoms with Crippen LogP contribution in [0.15, 0.2) is 24.3 Å². The van der Waals surface area contributed by atoms with Crippen LogP contribution < -0.4 is 0 Å². The maximum absolute atomic E-state index is 11.3. The zero-order chi connectivity index (χ0) is 14.4. The Kier molecular flexibility index (Phi) is 5.56. The molecule has 0 amide bonds. The Hall–Kier alpha value is -1.39. The lowest BCUT2D eigenvalue weighted by molar-refractivity contribution is -0.150. The van der Waals surface area contributed by atoms with Gasteiger partial charge in [0.25, 0.3) is 0 Å². The number of carbonyl (C=O) groups is 1. The fourth-order valence-electron chi connectivity index (χ4n) is 2.58. The van der Waals surface area contributed by atoms with Gasteiger partial charge in [-0.2, -0.15) is 0 Å². The predicted molar refractivity (Wildman–Crippen MR) is 77.4 cm³/mol. The first kappa shape index (κ1) is 15.0. The first-order chi connectivity index (χ1) is 9.70. The summed E-state index contributed by atoms with van der Waals surface area (Å²) in [7, 11) is 1.28. The molecule has 1 N–H and O–H groups in total. The second-order valence-corrected chi connectivity index (χ2v) is 5.32. The smallest absolute Gasteiger partial charge is 0.339 e. The Labute approximate surface area is 120 Å². The maximum Gasteiger partial charge on any atom is 0.339 e. The summed E-state index contributed by atoms with van der Waals surface area (Å²) >= 11 is 0. The van der Waals surface area contributed by atoms with E-state index in [1.807, 2.05) is 12.1 Å². The summed E-state index contributed by atoms with van der Waals surface area (Å²) in [5.74, 6) is -0.619. The summed E-state index contributed by atoms with van der Waals surface area (Å²) in [6.45, 7) is 3.50. The van der Waals surface area contributed by atoms with Crippen LogP contribution in [0, 0.1) is 0 Å². The molecule has 1 aliphatic rings. The van der Waals surface area contributed by atoms with Gasteiger partial charge in [-0.1, -0.05) is 30.7 Å². The molecule has 0 saturated carbocycles. The molecule has 1 aromatic rings. The fraction of sp³-hybridized carbons (Fsp3) is 0.562. The molecule has 0 aromatic heterocycles. The predicted octanol–water partition coefficient (Wildman–Crippen LogP) is 1.92. The number of likely N-dealkylation sites (tertiary alicyclic amines) is 1. The summed E-state index contributed by atoms with van der Waals surface area (Å²) in [5, 5.41) is 9.73. The molecule has 110 valence electrons. The Morgan fingerprint density at radius 3 is 2.50 bits per heavy atom. The summed E-state index contributed by atoms with van der Waals surface area (Å²) in [5.41, 5.74) is 1.81. The molecule has 1 aliphatic heterocycles. The minimum Gasteiger partial charge on any atom is -0.467 e. The van der Waals surface area contributed by atoms with Crippen molar-refractivity contribution < 1.29 is 14.6 Å². The molecule has 20 heavy (non-hydrogen) atoms. The van der Waals surface area contributed by atoms with Crippen LogP contribution in [0.4, 0.5) is 0 Å². The Morgan fingerprint density at radius 1 is 1.25 bits per heavy atom. The van der Waals surface area contributed by atoms with Gasteiger partial charge in [0.15, 0.2) is 6.10 Å². The van der Waals surface area contributed by atoms with Crippen LogP contribution in [0.1, 0.15) is 36.5 Å². The van der Waals surface area contributed by atoms with E-state index in [0.29, 0.717) is 5.56 Å². The minimum atomic E-state index is -1.18. The number of piperidine rings is 1. The van der Waals surface area contributed by atoms with Crippen molar-refractivity contribution in [3.63, 3.8) is 0 Å². The molecule has 1 aromatic carbocycles.